The van der Waals surface area contributed by atoms with Gasteiger partial charge in [0.2, 0.25) is 0 Å². The second-order valence-corrected chi connectivity index (χ2v) is 6.47. The van der Waals surface area contributed by atoms with E-state index in [1.54, 1.807) is 0 Å². The first kappa shape index (κ1) is 14.1. The van der Waals surface area contributed by atoms with Crippen LogP contribution < -0.4 is 0 Å². The molecule has 0 aromatic heterocycles. The Hall–Kier alpha value is -0.860. The zero-order valence-electron chi connectivity index (χ0n) is 12.5. The molecule has 1 heterocycles. The Morgan fingerprint density at radius 3 is 2.55 bits per heavy atom. The number of rotatable bonds is 3. The second kappa shape index (κ2) is 6.28. The normalized spacial score (nSPS) is 22.8. The summed E-state index contributed by atoms with van der Waals surface area (Å²) in [7, 11) is 0. The third-order valence-corrected chi connectivity index (χ3v) is 5.08. The molecular weight excluding hydrogens is 246 g/mol. The molecule has 0 spiro atoms. The predicted molar refractivity (Wildman–Crippen MR) is 81.8 cm³/mol. The van der Waals surface area contributed by atoms with E-state index in [1.807, 2.05) is 6.92 Å². The van der Waals surface area contributed by atoms with E-state index in [-0.39, 0.29) is 6.04 Å². The predicted octanol–water partition coefficient (Wildman–Crippen LogP) is 3.92. The fourth-order valence-corrected chi connectivity index (χ4v) is 4.11. The van der Waals surface area contributed by atoms with Crippen LogP contribution in [0.25, 0.3) is 0 Å². The summed E-state index contributed by atoms with van der Waals surface area (Å²) in [6.07, 6.45) is 8.33. The van der Waals surface area contributed by atoms with Gasteiger partial charge in [-0.15, -0.1) is 0 Å². The Labute approximate surface area is 122 Å². The molecule has 1 radical (unpaired) electrons. The molecule has 1 aliphatic heterocycles. The molecule has 3 rings (SSSR count). The standard InChI is InChI=1S/C18H26NO/c1-14(20)18(16-8-3-2-4-9-16)19-12-11-15-7-5-6-10-17(15)13-19/h5-7,10,16,18,20H,2-4,8-9,11-13H2,1H3/t18-/m1/s1. The van der Waals surface area contributed by atoms with Crippen molar-refractivity contribution in [3.8, 4) is 0 Å². The van der Waals surface area contributed by atoms with E-state index < -0.39 is 0 Å². The molecule has 0 unspecified atom stereocenters. The van der Waals surface area contributed by atoms with Gasteiger partial charge in [-0.3, -0.25) is 4.90 Å². The quantitative estimate of drug-likeness (QED) is 0.901. The van der Waals surface area contributed by atoms with Crippen LogP contribution in [0.15, 0.2) is 24.3 Å². The van der Waals surface area contributed by atoms with Gasteiger partial charge in [-0.2, -0.15) is 0 Å². The Morgan fingerprint density at radius 1 is 1.15 bits per heavy atom. The van der Waals surface area contributed by atoms with E-state index in [2.05, 4.69) is 29.2 Å². The molecule has 1 saturated carbocycles. The van der Waals surface area contributed by atoms with Crippen molar-refractivity contribution in [2.24, 2.45) is 5.92 Å². The van der Waals surface area contributed by atoms with Crippen molar-refractivity contribution in [2.45, 2.75) is 58.0 Å². The summed E-state index contributed by atoms with van der Waals surface area (Å²) in [5.41, 5.74) is 2.93. The van der Waals surface area contributed by atoms with Crippen LogP contribution in [0.3, 0.4) is 0 Å². The fourth-order valence-electron chi connectivity index (χ4n) is 4.11. The van der Waals surface area contributed by atoms with Gasteiger partial charge in [-0.05, 0) is 43.2 Å². The first-order valence-corrected chi connectivity index (χ1v) is 8.09. The summed E-state index contributed by atoms with van der Waals surface area (Å²) >= 11 is 0. The largest absolute Gasteiger partial charge is 0.385 e. The molecule has 1 fully saturated rings. The third kappa shape index (κ3) is 2.91. The van der Waals surface area contributed by atoms with Gasteiger partial charge in [-0.1, -0.05) is 43.5 Å². The number of aliphatic hydroxyl groups is 1. The molecule has 1 aromatic carbocycles. The van der Waals surface area contributed by atoms with Gasteiger partial charge in [0.1, 0.15) is 6.10 Å². The summed E-state index contributed by atoms with van der Waals surface area (Å²) in [6.45, 7) is 3.98. The maximum atomic E-state index is 10.2. The van der Waals surface area contributed by atoms with Crippen molar-refractivity contribution in [2.75, 3.05) is 6.54 Å². The molecule has 0 saturated heterocycles. The molecule has 0 bridgehead atoms. The Kier molecular flexibility index (Phi) is 4.42. The molecule has 1 aliphatic carbocycles. The highest BCUT2D eigenvalue weighted by atomic mass is 16.3. The summed E-state index contributed by atoms with van der Waals surface area (Å²) in [5.74, 6) is 0.652. The Bertz CT molecular complexity index is 437. The smallest absolute Gasteiger partial charge is 0.107 e. The van der Waals surface area contributed by atoms with E-state index in [1.165, 1.54) is 43.2 Å². The highest BCUT2D eigenvalue weighted by Gasteiger charge is 2.34. The maximum absolute atomic E-state index is 10.2. The van der Waals surface area contributed by atoms with E-state index in [0.717, 1.165) is 19.5 Å². The van der Waals surface area contributed by atoms with Crippen molar-refractivity contribution in [3.05, 3.63) is 41.5 Å². The summed E-state index contributed by atoms with van der Waals surface area (Å²) < 4.78 is 0. The van der Waals surface area contributed by atoms with E-state index in [0.29, 0.717) is 12.0 Å². The van der Waals surface area contributed by atoms with Crippen molar-refractivity contribution in [3.63, 3.8) is 0 Å². The summed E-state index contributed by atoms with van der Waals surface area (Å²) in [6, 6.07) is 9.03. The lowest BCUT2D eigenvalue weighted by Crippen LogP contribution is -2.47. The molecule has 2 aliphatic rings. The van der Waals surface area contributed by atoms with Crippen molar-refractivity contribution < 1.29 is 5.11 Å². The summed E-state index contributed by atoms with van der Waals surface area (Å²) in [5, 5.41) is 10.2. The van der Waals surface area contributed by atoms with Gasteiger partial charge in [-0.25, -0.2) is 0 Å². The SMILES string of the molecule is C[C](O)[C@H](C1CCCCC1)N1CCc2ccccc2C1. The average Bonchev–Trinajstić information content (AvgIpc) is 2.48. The van der Waals surface area contributed by atoms with Crippen LogP contribution in [0.5, 0.6) is 0 Å². The maximum Gasteiger partial charge on any atom is 0.107 e. The number of aliphatic hydroxyl groups excluding tert-OH is 1. The number of hydrogen-bond acceptors (Lipinski definition) is 2. The Balaban J connectivity index is 1.76. The molecule has 1 atom stereocenters. The van der Waals surface area contributed by atoms with Gasteiger partial charge in [0, 0.05) is 19.1 Å². The molecule has 2 nitrogen and oxygen atoms in total. The fraction of sp³-hybridized carbons (Fsp3) is 0.611. The van der Waals surface area contributed by atoms with Crippen molar-refractivity contribution in [1.29, 1.82) is 0 Å². The van der Waals surface area contributed by atoms with E-state index in [4.69, 9.17) is 0 Å². The average molecular weight is 272 g/mol. The lowest BCUT2D eigenvalue weighted by atomic mass is 9.80. The summed E-state index contributed by atoms with van der Waals surface area (Å²) in [4.78, 5) is 2.51. The minimum Gasteiger partial charge on any atom is -0.385 e. The van der Waals surface area contributed by atoms with Gasteiger partial charge in [0.15, 0.2) is 0 Å². The lowest BCUT2D eigenvalue weighted by Gasteiger charge is -2.42. The zero-order valence-corrected chi connectivity index (χ0v) is 12.5. The first-order valence-electron chi connectivity index (χ1n) is 8.09. The first-order chi connectivity index (χ1) is 9.75. The number of fused-ring (bicyclic) bond motifs is 1. The van der Waals surface area contributed by atoms with Gasteiger partial charge < -0.3 is 5.11 Å². The minimum atomic E-state index is 0.267. The lowest BCUT2D eigenvalue weighted by molar-refractivity contribution is 0.0621. The van der Waals surface area contributed by atoms with Crippen LogP contribution in [0.1, 0.15) is 50.2 Å². The van der Waals surface area contributed by atoms with Crippen LogP contribution >= 0.6 is 0 Å². The minimum absolute atomic E-state index is 0.267. The van der Waals surface area contributed by atoms with Crippen LogP contribution in [0, 0.1) is 12.0 Å². The van der Waals surface area contributed by atoms with Gasteiger partial charge >= 0.3 is 0 Å². The van der Waals surface area contributed by atoms with Crippen molar-refractivity contribution in [1.82, 2.24) is 4.90 Å². The van der Waals surface area contributed by atoms with Crippen LogP contribution in [-0.4, -0.2) is 22.6 Å². The molecule has 1 aromatic rings. The Morgan fingerprint density at radius 2 is 1.85 bits per heavy atom. The number of hydrogen-bond donors (Lipinski definition) is 1. The third-order valence-electron chi connectivity index (χ3n) is 5.08. The monoisotopic (exact) mass is 272 g/mol. The highest BCUT2D eigenvalue weighted by molar-refractivity contribution is 5.29. The molecule has 1 N–H and O–H groups in total. The zero-order chi connectivity index (χ0) is 13.9. The van der Waals surface area contributed by atoms with Crippen LogP contribution in [-0.2, 0) is 13.0 Å². The number of benzene rings is 1. The number of nitrogens with zero attached hydrogens (tertiary/aromatic N) is 1. The second-order valence-electron chi connectivity index (χ2n) is 6.47. The van der Waals surface area contributed by atoms with E-state index in [9.17, 15) is 5.11 Å². The van der Waals surface area contributed by atoms with Crippen molar-refractivity contribution >= 4 is 0 Å². The molecule has 109 valence electrons. The topological polar surface area (TPSA) is 23.5 Å². The van der Waals surface area contributed by atoms with E-state index >= 15 is 0 Å². The van der Waals surface area contributed by atoms with Crippen LogP contribution in [0.4, 0.5) is 0 Å². The van der Waals surface area contributed by atoms with Gasteiger partial charge in [0.05, 0.1) is 0 Å². The molecule has 0 amide bonds. The van der Waals surface area contributed by atoms with Crippen LogP contribution in [0.2, 0.25) is 0 Å². The van der Waals surface area contributed by atoms with Gasteiger partial charge in [0.25, 0.3) is 0 Å². The molecular formula is C18H26NO. The molecule has 20 heavy (non-hydrogen) atoms. The molecule has 2 heteroatoms. The highest BCUT2D eigenvalue weighted by Crippen LogP contribution is 2.34.